The smallest absolute Gasteiger partial charge is 0.462 e. The number of phosphoric ester groups is 1. The van der Waals surface area contributed by atoms with Gasteiger partial charge in [-0.05, 0) is 83.5 Å². The molecule has 10 heteroatoms. The van der Waals surface area contributed by atoms with E-state index in [1.165, 1.54) is 38.5 Å². The van der Waals surface area contributed by atoms with E-state index in [2.05, 4.69) is 123 Å². The Morgan fingerprint density at radius 2 is 0.902 bits per heavy atom. The van der Waals surface area contributed by atoms with Gasteiger partial charge in [-0.1, -0.05) is 181 Å². The van der Waals surface area contributed by atoms with Gasteiger partial charge >= 0.3 is 19.8 Å². The number of ether oxygens (including phenoxy) is 2. The van der Waals surface area contributed by atoms with Crippen molar-refractivity contribution >= 4 is 19.8 Å². The molecule has 0 heterocycles. The zero-order chi connectivity index (χ0) is 44.6. The Kier molecular flexibility index (Phi) is 43.7. The van der Waals surface area contributed by atoms with Crippen molar-refractivity contribution in [2.75, 3.05) is 26.4 Å². The van der Waals surface area contributed by atoms with Crippen molar-refractivity contribution in [3.05, 3.63) is 109 Å². The lowest BCUT2D eigenvalue weighted by Gasteiger charge is -2.19. The molecule has 2 atom stereocenters. The molecule has 0 saturated heterocycles. The van der Waals surface area contributed by atoms with Crippen LogP contribution in [0.25, 0.3) is 0 Å². The third-order valence-corrected chi connectivity index (χ3v) is 10.2. The summed E-state index contributed by atoms with van der Waals surface area (Å²) in [4.78, 5) is 34.8. The minimum Gasteiger partial charge on any atom is -0.462 e. The van der Waals surface area contributed by atoms with E-state index in [0.717, 1.165) is 96.3 Å². The van der Waals surface area contributed by atoms with Crippen molar-refractivity contribution < 1.29 is 37.6 Å². The Balaban J connectivity index is 4.13. The first-order valence-corrected chi connectivity index (χ1v) is 24.9. The van der Waals surface area contributed by atoms with Crippen LogP contribution in [-0.2, 0) is 32.7 Å². The molecule has 0 rings (SSSR count). The summed E-state index contributed by atoms with van der Waals surface area (Å²) in [7, 11) is -4.39. The molecule has 0 bridgehead atoms. The Hall–Kier alpha value is -3.33. The topological polar surface area (TPSA) is 134 Å². The van der Waals surface area contributed by atoms with E-state index in [0.29, 0.717) is 6.42 Å². The SMILES string of the molecule is CC/C=C\C/C=C\C/C=C\C/C=C\C/C=C\C/C=C\C/C=C\C/C=C\C/C=C\CCCCCC(=O)OC(COC(=O)CCCCCCCCCCC)COP(=O)(O)OCCN. The average Bonchev–Trinajstić information content (AvgIpc) is 3.25. The summed E-state index contributed by atoms with van der Waals surface area (Å²) in [6, 6.07) is 0. The van der Waals surface area contributed by atoms with Gasteiger partial charge in [-0.15, -0.1) is 0 Å². The van der Waals surface area contributed by atoms with Gasteiger partial charge in [0.15, 0.2) is 6.10 Å². The number of hydrogen-bond donors (Lipinski definition) is 2. The molecule has 346 valence electrons. The Labute approximate surface area is 371 Å². The van der Waals surface area contributed by atoms with Crippen LogP contribution in [0.3, 0.4) is 0 Å². The lowest BCUT2D eigenvalue weighted by molar-refractivity contribution is -0.161. The largest absolute Gasteiger partial charge is 0.472 e. The van der Waals surface area contributed by atoms with Crippen LogP contribution < -0.4 is 5.73 Å². The maximum absolute atomic E-state index is 12.6. The second kappa shape index (κ2) is 46.2. The van der Waals surface area contributed by atoms with Gasteiger partial charge in [-0.25, -0.2) is 4.57 Å². The monoisotopic (exact) mass is 870 g/mol. The van der Waals surface area contributed by atoms with Crippen LogP contribution in [-0.4, -0.2) is 49.3 Å². The lowest BCUT2D eigenvalue weighted by Crippen LogP contribution is -2.29. The molecule has 9 nitrogen and oxygen atoms in total. The van der Waals surface area contributed by atoms with E-state index in [1.54, 1.807) is 0 Å². The number of nitrogens with two attached hydrogens (primary N) is 1. The molecule has 61 heavy (non-hydrogen) atoms. The highest BCUT2D eigenvalue weighted by Gasteiger charge is 2.26. The molecule has 3 N–H and O–H groups in total. The predicted octanol–water partition coefficient (Wildman–Crippen LogP) is 13.9. The summed E-state index contributed by atoms with van der Waals surface area (Å²) >= 11 is 0. The molecule has 0 aliphatic heterocycles. The summed E-state index contributed by atoms with van der Waals surface area (Å²) < 4.78 is 32.7. The van der Waals surface area contributed by atoms with Gasteiger partial charge < -0.3 is 20.1 Å². The molecule has 0 aromatic heterocycles. The van der Waals surface area contributed by atoms with Gasteiger partial charge in [0.05, 0.1) is 13.2 Å². The van der Waals surface area contributed by atoms with Gasteiger partial charge in [0, 0.05) is 19.4 Å². The minimum absolute atomic E-state index is 0.0424. The van der Waals surface area contributed by atoms with Crippen LogP contribution in [0.15, 0.2) is 109 Å². The molecular formula is C51H84NO8P. The van der Waals surface area contributed by atoms with Crippen molar-refractivity contribution in [1.29, 1.82) is 0 Å². The molecule has 2 unspecified atom stereocenters. The van der Waals surface area contributed by atoms with Crippen LogP contribution in [0.2, 0.25) is 0 Å². The summed E-state index contributed by atoms with van der Waals surface area (Å²) in [5.41, 5.74) is 5.34. The van der Waals surface area contributed by atoms with Crippen LogP contribution in [0.1, 0.15) is 168 Å². The second-order valence-electron chi connectivity index (χ2n) is 14.9. The highest BCUT2D eigenvalue weighted by Crippen LogP contribution is 2.43. The number of phosphoric acid groups is 1. The minimum atomic E-state index is -4.39. The molecule has 0 spiro atoms. The zero-order valence-electron chi connectivity index (χ0n) is 38.1. The molecule has 0 radical (unpaired) electrons. The van der Waals surface area contributed by atoms with Crippen molar-refractivity contribution in [3.8, 4) is 0 Å². The fraction of sp³-hybridized carbons (Fsp3) is 0.608. The quantitative estimate of drug-likeness (QED) is 0.0266. The van der Waals surface area contributed by atoms with Gasteiger partial charge in [-0.2, -0.15) is 0 Å². The molecule has 0 aliphatic carbocycles. The first kappa shape index (κ1) is 57.7. The van der Waals surface area contributed by atoms with E-state index >= 15 is 0 Å². The van der Waals surface area contributed by atoms with Crippen molar-refractivity contribution in [1.82, 2.24) is 0 Å². The normalized spacial score (nSPS) is 14.2. The molecular weight excluding hydrogens is 786 g/mol. The number of allylic oxidation sites excluding steroid dienone is 18. The maximum Gasteiger partial charge on any atom is 0.472 e. The third kappa shape index (κ3) is 46.0. The number of carbonyl (C=O) groups is 2. The fourth-order valence-corrected chi connectivity index (χ4v) is 6.51. The number of esters is 2. The zero-order valence-corrected chi connectivity index (χ0v) is 39.0. The van der Waals surface area contributed by atoms with Crippen molar-refractivity contribution in [2.45, 2.75) is 174 Å². The van der Waals surface area contributed by atoms with Crippen LogP contribution >= 0.6 is 7.82 Å². The summed E-state index contributed by atoms with van der Waals surface area (Å²) in [5, 5.41) is 0. The number of unbranched alkanes of at least 4 members (excludes halogenated alkanes) is 11. The Morgan fingerprint density at radius 1 is 0.508 bits per heavy atom. The van der Waals surface area contributed by atoms with Crippen LogP contribution in [0.4, 0.5) is 0 Å². The second-order valence-corrected chi connectivity index (χ2v) is 16.3. The molecule has 0 fully saturated rings. The molecule has 0 aromatic carbocycles. The van der Waals surface area contributed by atoms with E-state index in [1.807, 2.05) is 0 Å². The molecule has 0 amide bonds. The summed E-state index contributed by atoms with van der Waals surface area (Å²) in [5.74, 6) is -0.880. The Bertz CT molecular complexity index is 1360. The maximum atomic E-state index is 12.6. The van der Waals surface area contributed by atoms with Crippen LogP contribution in [0.5, 0.6) is 0 Å². The summed E-state index contributed by atoms with van der Waals surface area (Å²) in [6.07, 6.45) is 61.4. The first-order chi connectivity index (χ1) is 29.8. The molecule has 0 aromatic rings. The predicted molar refractivity (Wildman–Crippen MR) is 256 cm³/mol. The summed E-state index contributed by atoms with van der Waals surface area (Å²) in [6.45, 7) is 3.53. The van der Waals surface area contributed by atoms with Gasteiger partial charge in [0.2, 0.25) is 0 Å². The Morgan fingerprint density at radius 3 is 1.34 bits per heavy atom. The highest BCUT2D eigenvalue weighted by molar-refractivity contribution is 7.47. The van der Waals surface area contributed by atoms with Gasteiger partial charge in [0.25, 0.3) is 0 Å². The van der Waals surface area contributed by atoms with Gasteiger partial charge in [-0.3, -0.25) is 18.6 Å². The molecule has 0 saturated carbocycles. The van der Waals surface area contributed by atoms with E-state index in [9.17, 15) is 19.0 Å². The van der Waals surface area contributed by atoms with E-state index in [-0.39, 0.29) is 32.6 Å². The standard InChI is InChI=1S/C51H84NO8P/c1-3-5-7-9-11-13-14-15-16-17-18-19-20-21-22-23-24-25-26-27-28-29-30-31-32-33-34-36-38-40-42-44-51(54)60-49(48-59-61(55,56)58-46-45-52)47-57-50(53)43-41-39-37-35-12-10-8-6-4-2/h5,7,11,13,15-16,18-19,21-22,24-25,27-28,30-31,33-34,49H,3-4,6,8-10,12,14,17,20,23,26,29,32,35-48,52H2,1-2H3,(H,55,56)/b7-5-,13-11-,16-15-,19-18-,22-21-,25-24-,28-27-,31-30-,34-33-. The highest BCUT2D eigenvalue weighted by atomic mass is 31.2. The molecule has 0 aliphatic rings. The third-order valence-electron chi connectivity index (χ3n) is 9.17. The average molecular weight is 870 g/mol. The number of carbonyl (C=O) groups excluding carboxylic acids is 2. The van der Waals surface area contributed by atoms with Gasteiger partial charge in [0.1, 0.15) is 6.61 Å². The first-order valence-electron chi connectivity index (χ1n) is 23.4. The van der Waals surface area contributed by atoms with E-state index < -0.39 is 32.5 Å². The lowest BCUT2D eigenvalue weighted by atomic mass is 10.1. The van der Waals surface area contributed by atoms with E-state index in [4.69, 9.17) is 24.3 Å². The fourth-order valence-electron chi connectivity index (χ4n) is 5.74. The van der Waals surface area contributed by atoms with Crippen molar-refractivity contribution in [3.63, 3.8) is 0 Å². The number of rotatable bonds is 42. The van der Waals surface area contributed by atoms with Crippen molar-refractivity contribution in [2.24, 2.45) is 5.73 Å². The van der Waals surface area contributed by atoms with Crippen LogP contribution in [0, 0.1) is 0 Å². The number of hydrogen-bond acceptors (Lipinski definition) is 8.